The van der Waals surface area contributed by atoms with E-state index in [2.05, 4.69) is 20.6 Å². The number of aromatic carboxylic acids is 1. The highest BCUT2D eigenvalue weighted by Crippen LogP contribution is 2.32. The first kappa shape index (κ1) is 12.8. The molecule has 3 aromatic rings. The molecule has 0 radical (unpaired) electrons. The first-order valence-electron chi connectivity index (χ1n) is 6.06. The van der Waals surface area contributed by atoms with Gasteiger partial charge >= 0.3 is 5.97 Å². The molecule has 0 atom stereocenters. The van der Waals surface area contributed by atoms with Gasteiger partial charge in [-0.2, -0.15) is 0 Å². The van der Waals surface area contributed by atoms with Gasteiger partial charge in [0.2, 0.25) is 0 Å². The zero-order chi connectivity index (χ0) is 14.8. The topological polar surface area (TPSA) is 112 Å². The van der Waals surface area contributed by atoms with Gasteiger partial charge in [-0.1, -0.05) is 18.2 Å². The van der Waals surface area contributed by atoms with E-state index in [1.165, 1.54) is 12.1 Å². The number of nitrogens with zero attached hydrogens (tertiary/aromatic N) is 3. The molecule has 0 amide bonds. The predicted octanol–water partition coefficient (Wildman–Crippen LogP) is 1.94. The monoisotopic (exact) mass is 282 g/mol. The number of aromatic hydroxyl groups is 1. The van der Waals surface area contributed by atoms with E-state index in [1.54, 1.807) is 30.3 Å². The molecule has 21 heavy (non-hydrogen) atoms. The summed E-state index contributed by atoms with van der Waals surface area (Å²) in [6.45, 7) is 0. The number of hydrogen-bond donors (Lipinski definition) is 3. The van der Waals surface area contributed by atoms with Crippen LogP contribution in [0.15, 0.2) is 42.5 Å². The summed E-state index contributed by atoms with van der Waals surface area (Å²) in [5, 5.41) is 32.5. The Kier molecular flexibility index (Phi) is 3.07. The fraction of sp³-hybridized carbons (Fsp3) is 0. The van der Waals surface area contributed by atoms with Crippen LogP contribution >= 0.6 is 0 Å². The largest absolute Gasteiger partial charge is 0.507 e. The third-order valence-corrected chi connectivity index (χ3v) is 3.01. The fourth-order valence-electron chi connectivity index (χ4n) is 2.04. The maximum atomic E-state index is 11.3. The normalized spacial score (nSPS) is 10.5. The molecule has 7 heteroatoms. The second-order valence-corrected chi connectivity index (χ2v) is 4.37. The number of benzene rings is 2. The average Bonchev–Trinajstić information content (AvgIpc) is 3.01. The van der Waals surface area contributed by atoms with Crippen LogP contribution in [0.1, 0.15) is 10.4 Å². The molecule has 0 unspecified atom stereocenters. The number of aromatic nitrogens is 4. The third-order valence-electron chi connectivity index (χ3n) is 3.01. The number of tetrazole rings is 1. The minimum atomic E-state index is -1.07. The molecule has 3 N–H and O–H groups in total. The second kappa shape index (κ2) is 5.04. The van der Waals surface area contributed by atoms with Gasteiger partial charge in [0.25, 0.3) is 0 Å². The Balaban J connectivity index is 2.21. The minimum absolute atomic E-state index is 0.0710. The van der Waals surface area contributed by atoms with Crippen molar-refractivity contribution in [2.45, 2.75) is 0 Å². The molecule has 0 spiro atoms. The van der Waals surface area contributed by atoms with Crippen molar-refractivity contribution in [3.63, 3.8) is 0 Å². The summed E-state index contributed by atoms with van der Waals surface area (Å²) >= 11 is 0. The van der Waals surface area contributed by atoms with Gasteiger partial charge in [-0.15, -0.1) is 5.10 Å². The van der Waals surface area contributed by atoms with E-state index >= 15 is 0 Å². The molecule has 0 aliphatic carbocycles. The maximum absolute atomic E-state index is 11.3. The highest BCUT2D eigenvalue weighted by Gasteiger charge is 2.13. The van der Waals surface area contributed by atoms with Crippen LogP contribution in [0.5, 0.6) is 5.75 Å². The van der Waals surface area contributed by atoms with E-state index in [1.807, 2.05) is 0 Å². The molecule has 2 aromatic carbocycles. The van der Waals surface area contributed by atoms with Crippen molar-refractivity contribution in [2.24, 2.45) is 0 Å². The van der Waals surface area contributed by atoms with Crippen molar-refractivity contribution in [1.82, 2.24) is 20.6 Å². The highest BCUT2D eigenvalue weighted by atomic mass is 16.4. The van der Waals surface area contributed by atoms with Gasteiger partial charge in [0.1, 0.15) is 5.75 Å². The molecule has 7 nitrogen and oxygen atoms in total. The van der Waals surface area contributed by atoms with Gasteiger partial charge in [-0.25, -0.2) is 9.89 Å². The molecular formula is C14H10N4O3. The Bertz CT molecular complexity index is 800. The number of para-hydroxylation sites is 1. The number of hydrogen-bond acceptors (Lipinski definition) is 5. The molecule has 0 fully saturated rings. The van der Waals surface area contributed by atoms with Crippen molar-refractivity contribution < 1.29 is 15.0 Å². The van der Waals surface area contributed by atoms with Gasteiger partial charge in [0.15, 0.2) is 5.82 Å². The summed E-state index contributed by atoms with van der Waals surface area (Å²) in [5.41, 5.74) is 1.72. The Hall–Kier alpha value is -3.22. The van der Waals surface area contributed by atoms with Gasteiger partial charge in [0.05, 0.1) is 5.56 Å². The number of rotatable bonds is 3. The molecule has 1 aromatic heterocycles. The van der Waals surface area contributed by atoms with Crippen LogP contribution in [0.2, 0.25) is 0 Å². The molecule has 0 aliphatic rings. The summed E-state index contributed by atoms with van der Waals surface area (Å²) in [4.78, 5) is 11.3. The second-order valence-electron chi connectivity index (χ2n) is 4.37. The molecule has 0 bridgehead atoms. The zero-order valence-electron chi connectivity index (χ0n) is 10.7. The van der Waals surface area contributed by atoms with Crippen LogP contribution in [-0.2, 0) is 0 Å². The summed E-state index contributed by atoms with van der Waals surface area (Å²) < 4.78 is 0. The number of carboxylic acid groups (broad SMARTS) is 1. The van der Waals surface area contributed by atoms with Gasteiger partial charge < -0.3 is 10.2 Å². The van der Waals surface area contributed by atoms with Crippen molar-refractivity contribution in [2.75, 3.05) is 0 Å². The summed E-state index contributed by atoms with van der Waals surface area (Å²) in [6.07, 6.45) is 0. The van der Waals surface area contributed by atoms with E-state index in [4.69, 9.17) is 0 Å². The summed E-state index contributed by atoms with van der Waals surface area (Å²) in [5.74, 6) is -0.641. The Morgan fingerprint density at radius 2 is 1.86 bits per heavy atom. The maximum Gasteiger partial charge on any atom is 0.335 e. The number of carbonyl (C=O) groups is 1. The minimum Gasteiger partial charge on any atom is -0.507 e. The molecule has 0 aliphatic heterocycles. The van der Waals surface area contributed by atoms with E-state index in [0.717, 1.165) is 0 Å². The summed E-state index contributed by atoms with van der Waals surface area (Å²) in [7, 11) is 0. The van der Waals surface area contributed by atoms with Gasteiger partial charge in [-0.3, -0.25) is 0 Å². The Morgan fingerprint density at radius 3 is 2.52 bits per heavy atom. The van der Waals surface area contributed by atoms with Gasteiger partial charge in [-0.05, 0) is 40.3 Å². The molecule has 0 saturated heterocycles. The fourth-order valence-corrected chi connectivity index (χ4v) is 2.04. The van der Waals surface area contributed by atoms with Crippen LogP contribution < -0.4 is 0 Å². The molecule has 104 valence electrons. The SMILES string of the molecule is O=C(O)c1cc(-c2nnn[nH]2)cc(-c2ccccc2O)c1. The number of phenols is 1. The lowest BCUT2D eigenvalue weighted by Crippen LogP contribution is -1.98. The quantitative estimate of drug-likeness (QED) is 0.676. The molecule has 1 heterocycles. The molecule has 3 rings (SSSR count). The van der Waals surface area contributed by atoms with Crippen molar-refractivity contribution >= 4 is 5.97 Å². The lowest BCUT2D eigenvalue weighted by atomic mass is 9.99. The van der Waals surface area contributed by atoms with E-state index in [-0.39, 0.29) is 11.3 Å². The van der Waals surface area contributed by atoms with Gasteiger partial charge in [0, 0.05) is 11.1 Å². The zero-order valence-corrected chi connectivity index (χ0v) is 10.7. The third kappa shape index (κ3) is 2.44. The predicted molar refractivity (Wildman–Crippen MR) is 73.7 cm³/mol. The standard InChI is InChI=1S/C14H10N4O3/c19-12-4-2-1-3-11(12)8-5-9(13-15-17-18-16-13)7-10(6-8)14(20)21/h1-7,19H,(H,20,21)(H,15,16,17,18). The summed E-state index contributed by atoms with van der Waals surface area (Å²) in [6, 6.07) is 11.4. The highest BCUT2D eigenvalue weighted by molar-refractivity contribution is 5.92. The molecule has 0 saturated carbocycles. The number of aromatic amines is 1. The van der Waals surface area contributed by atoms with Crippen LogP contribution in [0.3, 0.4) is 0 Å². The van der Waals surface area contributed by atoms with Crippen molar-refractivity contribution in [3.8, 4) is 28.3 Å². The number of carboxylic acids is 1. The number of nitrogens with one attached hydrogen (secondary N) is 1. The number of phenolic OH excluding ortho intramolecular Hbond substituents is 1. The van der Waals surface area contributed by atoms with Crippen molar-refractivity contribution in [1.29, 1.82) is 0 Å². The van der Waals surface area contributed by atoms with Crippen LogP contribution in [0.4, 0.5) is 0 Å². The molecular weight excluding hydrogens is 272 g/mol. The van der Waals surface area contributed by atoms with Crippen LogP contribution in [0.25, 0.3) is 22.5 Å². The first-order valence-corrected chi connectivity index (χ1v) is 6.06. The van der Waals surface area contributed by atoms with Crippen LogP contribution in [0, 0.1) is 0 Å². The lowest BCUT2D eigenvalue weighted by molar-refractivity contribution is 0.0697. The van der Waals surface area contributed by atoms with E-state index < -0.39 is 5.97 Å². The van der Waals surface area contributed by atoms with Crippen molar-refractivity contribution in [3.05, 3.63) is 48.0 Å². The smallest absolute Gasteiger partial charge is 0.335 e. The van der Waals surface area contributed by atoms with E-state index in [9.17, 15) is 15.0 Å². The number of H-pyrrole nitrogens is 1. The van der Waals surface area contributed by atoms with Crippen LogP contribution in [-0.4, -0.2) is 36.8 Å². The first-order chi connectivity index (χ1) is 10.1. The Morgan fingerprint density at radius 1 is 1.10 bits per heavy atom. The van der Waals surface area contributed by atoms with E-state index in [0.29, 0.717) is 22.5 Å². The Labute approximate surface area is 118 Å². The lowest BCUT2D eigenvalue weighted by Gasteiger charge is -2.08. The average molecular weight is 282 g/mol.